The number of hydrogen-bond donors (Lipinski definition) is 1. The lowest BCUT2D eigenvalue weighted by Gasteiger charge is -2.45. The van der Waals surface area contributed by atoms with Gasteiger partial charge in [0.2, 0.25) is 11.8 Å². The van der Waals surface area contributed by atoms with Crippen LogP contribution in [0.4, 0.5) is 15.8 Å². The summed E-state index contributed by atoms with van der Waals surface area (Å²) in [4.78, 5) is 44.6. The molecule has 0 spiro atoms. The molecule has 2 aromatic carbocycles. The molecule has 1 N–H and O–H groups in total. The molecule has 0 aromatic heterocycles. The van der Waals surface area contributed by atoms with Crippen molar-refractivity contribution in [2.45, 2.75) is 45.7 Å². The van der Waals surface area contributed by atoms with E-state index in [1.807, 2.05) is 26.0 Å². The van der Waals surface area contributed by atoms with Crippen molar-refractivity contribution in [1.82, 2.24) is 10.2 Å². The Morgan fingerprint density at radius 3 is 2.50 bits per heavy atom. The smallest absolute Gasteiger partial charge is 0.253 e. The second kappa shape index (κ2) is 10.2. The van der Waals surface area contributed by atoms with E-state index >= 15 is 0 Å². The van der Waals surface area contributed by atoms with E-state index < -0.39 is 0 Å². The first kappa shape index (κ1) is 23.7. The number of hydrogen-bond acceptors (Lipinski definition) is 4. The normalized spacial score (nSPS) is 17.1. The Hall–Kier alpha value is -3.42. The second-order valence-corrected chi connectivity index (χ2v) is 8.71. The van der Waals surface area contributed by atoms with Crippen LogP contribution in [0, 0.1) is 5.82 Å². The number of fused-ring (bicyclic) bond motifs is 3. The van der Waals surface area contributed by atoms with Crippen LogP contribution in [0.2, 0.25) is 0 Å². The number of piperidine rings is 1. The summed E-state index contributed by atoms with van der Waals surface area (Å²) in [6.45, 7) is 5.92. The van der Waals surface area contributed by atoms with E-state index in [1.165, 1.54) is 17.0 Å². The van der Waals surface area contributed by atoms with Gasteiger partial charge in [0, 0.05) is 31.7 Å². The highest BCUT2D eigenvalue weighted by Crippen LogP contribution is 2.40. The molecule has 0 bridgehead atoms. The average Bonchev–Trinajstić information content (AvgIpc) is 2.86. The number of nitrogens with one attached hydrogen (secondary N) is 1. The first-order valence-electron chi connectivity index (χ1n) is 12.0. The zero-order valence-corrected chi connectivity index (χ0v) is 19.7. The highest BCUT2D eigenvalue weighted by molar-refractivity contribution is 6.09. The van der Waals surface area contributed by atoms with Gasteiger partial charge in [-0.2, -0.15) is 0 Å². The molecule has 2 aliphatic heterocycles. The lowest BCUT2D eigenvalue weighted by Crippen LogP contribution is -2.57. The quantitative estimate of drug-likeness (QED) is 0.680. The highest BCUT2D eigenvalue weighted by Gasteiger charge is 2.40. The van der Waals surface area contributed by atoms with Crippen LogP contribution in [0.5, 0.6) is 0 Å². The second-order valence-electron chi connectivity index (χ2n) is 8.71. The van der Waals surface area contributed by atoms with Crippen molar-refractivity contribution in [3.05, 3.63) is 59.4 Å². The van der Waals surface area contributed by atoms with Gasteiger partial charge in [0.15, 0.2) is 0 Å². The summed E-state index contributed by atoms with van der Waals surface area (Å²) >= 11 is 0. The first-order valence-corrected chi connectivity index (χ1v) is 12.0. The fourth-order valence-electron chi connectivity index (χ4n) is 4.75. The molecule has 180 valence electrons. The van der Waals surface area contributed by atoms with Crippen molar-refractivity contribution >= 4 is 29.1 Å². The van der Waals surface area contributed by atoms with Crippen LogP contribution in [0.25, 0.3) is 0 Å². The third-order valence-corrected chi connectivity index (χ3v) is 6.63. The van der Waals surface area contributed by atoms with Gasteiger partial charge in [0.05, 0.1) is 11.4 Å². The van der Waals surface area contributed by atoms with Crippen LogP contribution in [0.1, 0.15) is 49.0 Å². The van der Waals surface area contributed by atoms with Gasteiger partial charge >= 0.3 is 0 Å². The monoisotopic (exact) mass is 466 g/mol. The van der Waals surface area contributed by atoms with Gasteiger partial charge < -0.3 is 15.1 Å². The number of rotatable bonds is 7. The summed E-state index contributed by atoms with van der Waals surface area (Å²) in [5, 5.41) is 2.82. The molecule has 1 fully saturated rings. The zero-order valence-electron chi connectivity index (χ0n) is 19.7. The predicted octanol–water partition coefficient (Wildman–Crippen LogP) is 3.33. The van der Waals surface area contributed by atoms with Gasteiger partial charge in [-0.1, -0.05) is 12.1 Å². The molecule has 3 amide bonds. The molecular weight excluding hydrogens is 435 g/mol. The van der Waals surface area contributed by atoms with Crippen molar-refractivity contribution < 1.29 is 18.8 Å². The lowest BCUT2D eigenvalue weighted by atomic mass is 9.95. The zero-order chi connectivity index (χ0) is 24.2. The molecule has 7 nitrogen and oxygen atoms in total. The van der Waals surface area contributed by atoms with Crippen LogP contribution < -0.4 is 15.1 Å². The molecule has 0 radical (unpaired) electrons. The predicted molar refractivity (Wildman–Crippen MR) is 129 cm³/mol. The number of amides is 3. The molecule has 2 heterocycles. The maximum atomic E-state index is 13.5. The number of halogens is 1. The average molecular weight is 467 g/mol. The van der Waals surface area contributed by atoms with Crippen molar-refractivity contribution in [1.29, 1.82) is 0 Å². The minimum absolute atomic E-state index is 0.0956. The number of carbonyl (C=O) groups is 3. The number of nitrogens with zero attached hydrogens (tertiary/aromatic N) is 3. The molecule has 1 atom stereocenters. The largest absolute Gasteiger partial charge is 0.358 e. The maximum absolute atomic E-state index is 13.5. The first-order chi connectivity index (χ1) is 16.4. The van der Waals surface area contributed by atoms with Crippen LogP contribution in [-0.4, -0.2) is 54.8 Å². The van der Waals surface area contributed by atoms with Crippen molar-refractivity contribution in [3.8, 4) is 0 Å². The van der Waals surface area contributed by atoms with Gasteiger partial charge in [-0.25, -0.2) is 4.39 Å². The Kier molecular flexibility index (Phi) is 7.14. The number of benzene rings is 2. The Balaban J connectivity index is 1.60. The summed E-state index contributed by atoms with van der Waals surface area (Å²) in [5.41, 5.74) is 2.75. The maximum Gasteiger partial charge on any atom is 0.253 e. The van der Waals surface area contributed by atoms with Crippen molar-refractivity contribution in [2.24, 2.45) is 0 Å². The standard InChI is InChI=1S/C26H31FN4O3/c1-3-29(4-2)25(33)19-10-13-21-23(15-19)31(26(34)22-7-5-6-14-30(21)22)17-24(32)28-16-18-8-11-20(27)12-9-18/h8-13,15,22H,3-7,14,16-17H2,1-2H3,(H,28,32)/t22-/m0/s1. The van der Waals surface area contributed by atoms with E-state index in [1.54, 1.807) is 23.1 Å². The Labute approximate surface area is 199 Å². The number of carbonyl (C=O) groups excluding carboxylic acids is 3. The molecule has 8 heteroatoms. The van der Waals surface area contributed by atoms with Crippen LogP contribution in [-0.2, 0) is 16.1 Å². The van der Waals surface area contributed by atoms with Crippen LogP contribution in [0.3, 0.4) is 0 Å². The summed E-state index contributed by atoms with van der Waals surface area (Å²) in [6.07, 6.45) is 2.71. The fraction of sp³-hybridized carbons (Fsp3) is 0.423. The van der Waals surface area contributed by atoms with E-state index in [-0.39, 0.29) is 42.7 Å². The topological polar surface area (TPSA) is 73.0 Å². The van der Waals surface area contributed by atoms with Crippen LogP contribution >= 0.6 is 0 Å². The van der Waals surface area contributed by atoms with Gasteiger partial charge in [-0.15, -0.1) is 0 Å². The van der Waals surface area contributed by atoms with Gasteiger partial charge in [-0.05, 0) is 69.0 Å². The lowest BCUT2D eigenvalue weighted by molar-refractivity contribution is -0.125. The molecule has 34 heavy (non-hydrogen) atoms. The molecule has 0 unspecified atom stereocenters. The minimum atomic E-state index is -0.335. The van der Waals surface area contributed by atoms with E-state index in [2.05, 4.69) is 10.2 Å². The van der Waals surface area contributed by atoms with Gasteiger partial charge in [-0.3, -0.25) is 19.3 Å². The number of anilines is 2. The molecule has 0 saturated carbocycles. The Morgan fingerprint density at radius 2 is 1.79 bits per heavy atom. The van der Waals surface area contributed by atoms with E-state index in [0.717, 1.165) is 37.1 Å². The van der Waals surface area contributed by atoms with E-state index in [9.17, 15) is 18.8 Å². The fourth-order valence-corrected chi connectivity index (χ4v) is 4.75. The highest BCUT2D eigenvalue weighted by atomic mass is 19.1. The summed E-state index contributed by atoms with van der Waals surface area (Å²) in [7, 11) is 0. The molecule has 4 rings (SSSR count). The van der Waals surface area contributed by atoms with Gasteiger partial charge in [0.1, 0.15) is 18.4 Å². The Bertz CT molecular complexity index is 1070. The molecule has 0 aliphatic carbocycles. The SMILES string of the molecule is CCN(CC)C(=O)c1ccc2c(c1)N(CC(=O)NCc1ccc(F)cc1)C(=O)[C@@H]1CCCCN21. The summed E-state index contributed by atoms with van der Waals surface area (Å²) in [6, 6.07) is 11.1. The Morgan fingerprint density at radius 1 is 1.06 bits per heavy atom. The van der Waals surface area contributed by atoms with Crippen molar-refractivity contribution in [3.63, 3.8) is 0 Å². The third-order valence-electron chi connectivity index (χ3n) is 6.63. The van der Waals surface area contributed by atoms with Gasteiger partial charge in [0.25, 0.3) is 5.91 Å². The van der Waals surface area contributed by atoms with Crippen LogP contribution in [0.15, 0.2) is 42.5 Å². The van der Waals surface area contributed by atoms with Crippen molar-refractivity contribution in [2.75, 3.05) is 36.0 Å². The summed E-state index contributed by atoms with van der Waals surface area (Å²) in [5.74, 6) is -0.857. The molecule has 1 saturated heterocycles. The molecule has 2 aromatic rings. The van der Waals surface area contributed by atoms with E-state index in [4.69, 9.17) is 0 Å². The summed E-state index contributed by atoms with van der Waals surface area (Å²) < 4.78 is 13.1. The molecule has 2 aliphatic rings. The molecular formula is C26H31FN4O3. The van der Waals surface area contributed by atoms with E-state index in [0.29, 0.717) is 24.3 Å². The minimum Gasteiger partial charge on any atom is -0.358 e. The third kappa shape index (κ3) is 4.76.